The van der Waals surface area contributed by atoms with Gasteiger partial charge in [-0.1, -0.05) is 31.2 Å². The highest BCUT2D eigenvalue weighted by atomic mass is 15.2. The number of fused-ring (bicyclic) bond motifs is 1. The fourth-order valence-electron chi connectivity index (χ4n) is 2.72. The van der Waals surface area contributed by atoms with E-state index in [0.717, 1.165) is 31.7 Å². The highest BCUT2D eigenvalue weighted by Gasteiger charge is 2.24. The smallest absolute Gasteiger partial charge is 0.0746 e. The van der Waals surface area contributed by atoms with E-state index < -0.39 is 0 Å². The normalized spacial score (nSPS) is 15.9. The third-order valence-corrected chi connectivity index (χ3v) is 3.88. The summed E-state index contributed by atoms with van der Waals surface area (Å²) in [5.74, 6) is 0. The van der Waals surface area contributed by atoms with Crippen LogP contribution in [0.1, 0.15) is 18.9 Å². The number of nitrogens with one attached hydrogen (secondary N) is 1. The van der Waals surface area contributed by atoms with Crippen LogP contribution in [0.4, 0.5) is 0 Å². The van der Waals surface area contributed by atoms with Crippen LogP contribution in [0.2, 0.25) is 0 Å². The topological polar surface area (TPSA) is 28.2 Å². The van der Waals surface area contributed by atoms with Gasteiger partial charge in [0, 0.05) is 37.3 Å². The Hall–Kier alpha value is -1.45. The Bertz CT molecular complexity index is 543. The van der Waals surface area contributed by atoms with E-state index in [4.69, 9.17) is 0 Å². The molecule has 0 bridgehead atoms. The minimum atomic E-state index is 0.693. The van der Waals surface area contributed by atoms with Gasteiger partial charge in [-0.3, -0.25) is 9.88 Å². The van der Waals surface area contributed by atoms with E-state index in [-0.39, 0.29) is 0 Å². The molecule has 0 aliphatic carbocycles. The quantitative estimate of drug-likeness (QED) is 0.889. The largest absolute Gasteiger partial charge is 0.314 e. The number of hydrogen-bond donors (Lipinski definition) is 1. The van der Waals surface area contributed by atoms with Gasteiger partial charge in [0.05, 0.1) is 5.52 Å². The van der Waals surface area contributed by atoms with Crippen LogP contribution in [0.15, 0.2) is 36.5 Å². The van der Waals surface area contributed by atoms with Gasteiger partial charge in [-0.25, -0.2) is 0 Å². The van der Waals surface area contributed by atoms with E-state index >= 15 is 0 Å². The molecule has 2 heterocycles. The molecule has 1 aromatic carbocycles. The highest BCUT2D eigenvalue weighted by Crippen LogP contribution is 2.19. The van der Waals surface area contributed by atoms with Crippen molar-refractivity contribution in [1.82, 2.24) is 15.2 Å². The molecular formula is C16H21N3. The number of nitrogens with zero attached hydrogens (tertiary/aromatic N) is 2. The first-order valence-electron chi connectivity index (χ1n) is 7.16. The summed E-state index contributed by atoms with van der Waals surface area (Å²) in [6.45, 7) is 6.67. The molecular weight excluding hydrogens is 234 g/mol. The lowest BCUT2D eigenvalue weighted by Gasteiger charge is -2.38. The van der Waals surface area contributed by atoms with E-state index in [1.807, 2.05) is 12.3 Å². The maximum atomic E-state index is 4.56. The molecule has 0 unspecified atom stereocenters. The van der Waals surface area contributed by atoms with Gasteiger partial charge in [0.2, 0.25) is 0 Å². The first-order valence-corrected chi connectivity index (χ1v) is 7.16. The number of benzene rings is 1. The maximum Gasteiger partial charge on any atom is 0.0746 e. The van der Waals surface area contributed by atoms with E-state index in [9.17, 15) is 0 Å². The lowest BCUT2D eigenvalue weighted by atomic mass is 10.1. The molecule has 1 N–H and O–H groups in total. The average Bonchev–Trinajstić information content (AvgIpc) is 2.37. The average molecular weight is 255 g/mol. The lowest BCUT2D eigenvalue weighted by molar-refractivity contribution is 0.138. The summed E-state index contributed by atoms with van der Waals surface area (Å²) < 4.78 is 0. The van der Waals surface area contributed by atoms with Gasteiger partial charge >= 0.3 is 0 Å². The Morgan fingerprint density at radius 2 is 2.11 bits per heavy atom. The van der Waals surface area contributed by atoms with Crippen molar-refractivity contribution < 1.29 is 0 Å². The van der Waals surface area contributed by atoms with Crippen molar-refractivity contribution in [3.05, 3.63) is 42.1 Å². The van der Waals surface area contributed by atoms with E-state index in [1.165, 1.54) is 17.4 Å². The van der Waals surface area contributed by atoms with Gasteiger partial charge < -0.3 is 5.32 Å². The molecule has 0 radical (unpaired) electrons. The second kappa shape index (κ2) is 5.68. The summed E-state index contributed by atoms with van der Waals surface area (Å²) in [4.78, 5) is 7.14. The van der Waals surface area contributed by atoms with Gasteiger partial charge in [-0.05, 0) is 24.6 Å². The van der Waals surface area contributed by atoms with Crippen molar-refractivity contribution in [3.63, 3.8) is 0 Å². The molecule has 19 heavy (non-hydrogen) atoms. The SMILES string of the molecule is CCCN(Cc1cccc2cccnc12)C1CNC1. The predicted octanol–water partition coefficient (Wildman–Crippen LogP) is 2.42. The molecule has 0 amide bonds. The number of para-hydroxylation sites is 1. The number of rotatable bonds is 5. The van der Waals surface area contributed by atoms with Gasteiger partial charge in [0.1, 0.15) is 0 Å². The van der Waals surface area contributed by atoms with Crippen LogP contribution in [-0.4, -0.2) is 35.6 Å². The standard InChI is InChI=1S/C16H21N3/c1-2-9-19(15-10-17-11-15)12-14-6-3-5-13-7-4-8-18-16(13)14/h3-8,15,17H,2,9-12H2,1H3. The third-order valence-electron chi connectivity index (χ3n) is 3.88. The molecule has 0 saturated carbocycles. The monoisotopic (exact) mass is 255 g/mol. The van der Waals surface area contributed by atoms with Crippen LogP contribution in [0.5, 0.6) is 0 Å². The first kappa shape index (κ1) is 12.6. The predicted molar refractivity (Wildman–Crippen MR) is 79.1 cm³/mol. The van der Waals surface area contributed by atoms with Gasteiger partial charge in [-0.15, -0.1) is 0 Å². The summed E-state index contributed by atoms with van der Waals surface area (Å²) in [6.07, 6.45) is 3.09. The third kappa shape index (κ3) is 2.62. The summed E-state index contributed by atoms with van der Waals surface area (Å²) in [7, 11) is 0. The van der Waals surface area contributed by atoms with Gasteiger partial charge in [-0.2, -0.15) is 0 Å². The zero-order valence-electron chi connectivity index (χ0n) is 11.5. The zero-order chi connectivity index (χ0) is 13.1. The number of pyridine rings is 1. The summed E-state index contributed by atoms with van der Waals surface area (Å²) in [5, 5.41) is 4.60. The van der Waals surface area contributed by atoms with Crippen molar-refractivity contribution in [2.24, 2.45) is 0 Å². The van der Waals surface area contributed by atoms with Crippen LogP contribution >= 0.6 is 0 Å². The summed E-state index contributed by atoms with van der Waals surface area (Å²) in [5.41, 5.74) is 2.50. The second-order valence-corrected chi connectivity index (χ2v) is 5.27. The van der Waals surface area contributed by atoms with Gasteiger partial charge in [0.25, 0.3) is 0 Å². The molecule has 100 valence electrons. The molecule has 3 heteroatoms. The van der Waals surface area contributed by atoms with Crippen LogP contribution < -0.4 is 5.32 Å². The number of aromatic nitrogens is 1. The summed E-state index contributed by atoms with van der Waals surface area (Å²) >= 11 is 0. The van der Waals surface area contributed by atoms with Crippen molar-refractivity contribution in [3.8, 4) is 0 Å². The Labute approximate surface area is 114 Å². The van der Waals surface area contributed by atoms with Crippen molar-refractivity contribution >= 4 is 10.9 Å². The molecule has 3 rings (SSSR count). The first-order chi connectivity index (χ1) is 9.38. The fourth-order valence-corrected chi connectivity index (χ4v) is 2.72. The molecule has 0 spiro atoms. The molecule has 1 fully saturated rings. The fraction of sp³-hybridized carbons (Fsp3) is 0.438. The Morgan fingerprint density at radius 1 is 1.26 bits per heavy atom. The molecule has 1 aliphatic heterocycles. The molecule has 2 aromatic rings. The lowest BCUT2D eigenvalue weighted by Crippen LogP contribution is -2.56. The van der Waals surface area contributed by atoms with Crippen molar-refractivity contribution in [2.75, 3.05) is 19.6 Å². The minimum Gasteiger partial charge on any atom is -0.314 e. The highest BCUT2D eigenvalue weighted by molar-refractivity contribution is 5.81. The van der Waals surface area contributed by atoms with E-state index in [1.54, 1.807) is 0 Å². The second-order valence-electron chi connectivity index (χ2n) is 5.27. The number of hydrogen-bond acceptors (Lipinski definition) is 3. The Balaban J connectivity index is 1.86. The van der Waals surface area contributed by atoms with Crippen LogP contribution in [0.3, 0.4) is 0 Å². The van der Waals surface area contributed by atoms with Crippen molar-refractivity contribution in [2.45, 2.75) is 25.9 Å². The van der Waals surface area contributed by atoms with Crippen LogP contribution in [-0.2, 0) is 6.54 Å². The van der Waals surface area contributed by atoms with Crippen LogP contribution in [0.25, 0.3) is 10.9 Å². The van der Waals surface area contributed by atoms with Crippen LogP contribution in [0, 0.1) is 0 Å². The molecule has 1 saturated heterocycles. The summed E-state index contributed by atoms with van der Waals surface area (Å²) in [6, 6.07) is 11.3. The minimum absolute atomic E-state index is 0.693. The molecule has 1 aromatic heterocycles. The molecule has 3 nitrogen and oxygen atoms in total. The van der Waals surface area contributed by atoms with Crippen molar-refractivity contribution in [1.29, 1.82) is 0 Å². The molecule has 1 aliphatic rings. The zero-order valence-corrected chi connectivity index (χ0v) is 11.5. The Morgan fingerprint density at radius 3 is 2.84 bits per heavy atom. The van der Waals surface area contributed by atoms with E-state index in [0.29, 0.717) is 6.04 Å². The van der Waals surface area contributed by atoms with Gasteiger partial charge in [0.15, 0.2) is 0 Å². The van der Waals surface area contributed by atoms with E-state index in [2.05, 4.69) is 46.4 Å². The molecule has 0 atom stereocenters. The Kier molecular flexibility index (Phi) is 3.76. The maximum absolute atomic E-state index is 4.56.